The van der Waals surface area contributed by atoms with E-state index in [1.165, 1.54) is 19.3 Å². The average molecular weight is 358 g/mol. The maximum atomic E-state index is 13.7. The maximum Gasteiger partial charge on any atom is 0.340 e. The highest BCUT2D eigenvalue weighted by Gasteiger charge is 2.63. The lowest BCUT2D eigenvalue weighted by Crippen LogP contribution is -2.61. The molecule has 4 bridgehead atoms. The molecule has 2 heterocycles. The highest BCUT2D eigenvalue weighted by atomic mass is 16.2. The molecule has 1 amide bonds. The molecule has 1 aromatic heterocycles. The molecule has 142 valence electrons. The van der Waals surface area contributed by atoms with Crippen LogP contribution in [0.5, 0.6) is 0 Å². The van der Waals surface area contributed by atoms with Crippen molar-refractivity contribution in [2.75, 3.05) is 13.1 Å². The molecule has 0 spiro atoms. The van der Waals surface area contributed by atoms with Crippen molar-refractivity contribution in [3.05, 3.63) is 16.3 Å². The Balaban J connectivity index is 1.40. The molecule has 0 aromatic carbocycles. The zero-order chi connectivity index (χ0) is 18.2. The molecule has 3 unspecified atom stereocenters. The van der Waals surface area contributed by atoms with Crippen molar-refractivity contribution >= 4 is 5.91 Å². The third-order valence-electron chi connectivity index (χ3n) is 7.69. The molecule has 4 saturated carbocycles. The summed E-state index contributed by atoms with van der Waals surface area (Å²) in [4.78, 5) is 30.0. The third-order valence-corrected chi connectivity index (χ3v) is 7.69. The highest BCUT2D eigenvalue weighted by molar-refractivity contribution is 5.83. The number of amides is 1. The summed E-state index contributed by atoms with van der Waals surface area (Å²) in [5.74, 6) is 1.97. The summed E-state index contributed by atoms with van der Waals surface area (Å²) in [6.45, 7) is 6.39. The Morgan fingerprint density at radius 3 is 2.50 bits per heavy atom. The van der Waals surface area contributed by atoms with Crippen LogP contribution in [0.25, 0.3) is 0 Å². The van der Waals surface area contributed by atoms with E-state index >= 15 is 0 Å². The van der Waals surface area contributed by atoms with Gasteiger partial charge in [0.15, 0.2) is 0 Å². The lowest BCUT2D eigenvalue weighted by molar-refractivity contribution is -0.180. The number of hydrogen-bond acceptors (Lipinski definition) is 3. The predicted molar refractivity (Wildman–Crippen MR) is 97.6 cm³/mol. The van der Waals surface area contributed by atoms with Crippen molar-refractivity contribution in [1.82, 2.24) is 20.1 Å². The minimum Gasteiger partial charge on any atom is -0.341 e. The van der Waals surface area contributed by atoms with E-state index in [0.29, 0.717) is 29.1 Å². The number of carbonyl (C=O) groups is 1. The van der Waals surface area contributed by atoms with E-state index in [2.05, 4.69) is 33.9 Å². The number of piperidine rings is 1. The fourth-order valence-corrected chi connectivity index (χ4v) is 7.88. The standard InChI is InChI=1S/C20H30N4O2/c1-18-6-13-7-19(2,10-18)12-20(8-13,11-18)16(25)24-5-3-4-14(9-24)15-21-17(26)23-22-15/h13-14H,3-12H2,1-2H3,(H2,21,22,23,26). The van der Waals surface area contributed by atoms with Gasteiger partial charge in [0.25, 0.3) is 0 Å². The molecule has 1 saturated heterocycles. The van der Waals surface area contributed by atoms with E-state index in [-0.39, 0.29) is 17.0 Å². The van der Waals surface area contributed by atoms with Crippen LogP contribution in [0.15, 0.2) is 4.79 Å². The smallest absolute Gasteiger partial charge is 0.340 e. The molecule has 1 aliphatic heterocycles. The molecule has 1 aromatic rings. The SMILES string of the molecule is CC12CC3CC(C)(C1)CC(C(=O)N1CCCC(c4n[nH]c(=O)[nH]4)C1)(C3)C2. The van der Waals surface area contributed by atoms with E-state index < -0.39 is 0 Å². The Labute approximate surface area is 154 Å². The van der Waals surface area contributed by atoms with Crippen molar-refractivity contribution in [2.45, 2.75) is 71.1 Å². The molecule has 6 nitrogen and oxygen atoms in total. The first-order valence-electron chi connectivity index (χ1n) is 10.2. The maximum absolute atomic E-state index is 13.7. The fraction of sp³-hybridized carbons (Fsp3) is 0.850. The van der Waals surface area contributed by atoms with Crippen molar-refractivity contribution in [1.29, 1.82) is 0 Å². The largest absolute Gasteiger partial charge is 0.341 e. The Kier molecular flexibility index (Phi) is 3.33. The number of hydrogen-bond donors (Lipinski definition) is 2. The Morgan fingerprint density at radius 1 is 1.15 bits per heavy atom. The summed E-state index contributed by atoms with van der Waals surface area (Å²) in [5.41, 5.74) is 0.313. The molecule has 26 heavy (non-hydrogen) atoms. The lowest BCUT2D eigenvalue weighted by atomic mass is 9.40. The van der Waals surface area contributed by atoms with Gasteiger partial charge in [0.1, 0.15) is 5.82 Å². The van der Waals surface area contributed by atoms with Gasteiger partial charge in [0, 0.05) is 19.0 Å². The van der Waals surface area contributed by atoms with Crippen molar-refractivity contribution in [2.24, 2.45) is 22.2 Å². The third kappa shape index (κ3) is 2.48. The Morgan fingerprint density at radius 2 is 1.88 bits per heavy atom. The number of rotatable bonds is 2. The normalized spacial score (nSPS) is 44.5. The number of aromatic nitrogens is 3. The zero-order valence-electron chi connectivity index (χ0n) is 15.9. The summed E-state index contributed by atoms with van der Waals surface area (Å²) >= 11 is 0. The number of H-pyrrole nitrogens is 2. The van der Waals surface area contributed by atoms with Gasteiger partial charge in [-0.25, -0.2) is 9.89 Å². The van der Waals surface area contributed by atoms with Gasteiger partial charge >= 0.3 is 5.69 Å². The second-order valence-electron chi connectivity index (χ2n) is 10.6. The molecule has 5 aliphatic rings. The number of likely N-dealkylation sites (tertiary alicyclic amines) is 1. The number of carbonyl (C=O) groups excluding carboxylic acids is 1. The van der Waals surface area contributed by atoms with Crippen LogP contribution in [0, 0.1) is 22.2 Å². The quantitative estimate of drug-likeness (QED) is 0.853. The van der Waals surface area contributed by atoms with Gasteiger partial charge in [-0.1, -0.05) is 13.8 Å². The van der Waals surface area contributed by atoms with Gasteiger partial charge in [0.05, 0.1) is 5.41 Å². The summed E-state index contributed by atoms with van der Waals surface area (Å²) in [5, 5.41) is 6.58. The molecule has 6 heteroatoms. The molecule has 2 N–H and O–H groups in total. The number of nitrogens with one attached hydrogen (secondary N) is 2. The molecule has 6 rings (SSSR count). The van der Waals surface area contributed by atoms with Crippen LogP contribution in [0.4, 0.5) is 0 Å². The van der Waals surface area contributed by atoms with Gasteiger partial charge in [-0.2, -0.15) is 5.10 Å². The minimum atomic E-state index is -0.259. The molecule has 0 radical (unpaired) electrons. The molecule has 4 aliphatic carbocycles. The van der Waals surface area contributed by atoms with Crippen LogP contribution in [-0.4, -0.2) is 39.1 Å². The minimum absolute atomic E-state index is 0.135. The first-order valence-corrected chi connectivity index (χ1v) is 10.2. The van der Waals surface area contributed by atoms with Crippen LogP contribution in [0.1, 0.15) is 77.0 Å². The summed E-state index contributed by atoms with van der Waals surface area (Å²) < 4.78 is 0. The van der Waals surface area contributed by atoms with E-state index in [1.807, 2.05) is 0 Å². The molecular formula is C20H30N4O2. The molecular weight excluding hydrogens is 328 g/mol. The van der Waals surface area contributed by atoms with Gasteiger partial charge in [-0.15, -0.1) is 0 Å². The summed E-state index contributed by atoms with van der Waals surface area (Å²) in [6.07, 6.45) is 9.13. The Bertz CT molecular complexity index is 778. The highest BCUT2D eigenvalue weighted by Crippen LogP contribution is 2.69. The van der Waals surface area contributed by atoms with E-state index in [9.17, 15) is 9.59 Å². The topological polar surface area (TPSA) is 81.8 Å². The van der Waals surface area contributed by atoms with Crippen molar-refractivity contribution < 1.29 is 4.79 Å². The van der Waals surface area contributed by atoms with E-state index in [0.717, 1.165) is 44.6 Å². The van der Waals surface area contributed by atoms with Crippen LogP contribution >= 0.6 is 0 Å². The predicted octanol–water partition coefficient (Wildman–Crippen LogP) is 2.80. The van der Waals surface area contributed by atoms with Crippen LogP contribution in [0.3, 0.4) is 0 Å². The monoisotopic (exact) mass is 358 g/mol. The van der Waals surface area contributed by atoms with Crippen LogP contribution < -0.4 is 5.69 Å². The Hall–Kier alpha value is -1.59. The van der Waals surface area contributed by atoms with Gasteiger partial charge in [-0.3, -0.25) is 9.78 Å². The van der Waals surface area contributed by atoms with Gasteiger partial charge in [0.2, 0.25) is 5.91 Å². The molecule has 5 fully saturated rings. The second-order valence-corrected chi connectivity index (χ2v) is 10.6. The van der Waals surface area contributed by atoms with Crippen molar-refractivity contribution in [3.63, 3.8) is 0 Å². The van der Waals surface area contributed by atoms with Crippen molar-refractivity contribution in [3.8, 4) is 0 Å². The fourth-order valence-electron chi connectivity index (χ4n) is 7.88. The summed E-state index contributed by atoms with van der Waals surface area (Å²) in [6, 6.07) is 0. The number of nitrogens with zero attached hydrogens (tertiary/aromatic N) is 2. The van der Waals surface area contributed by atoms with E-state index in [4.69, 9.17) is 0 Å². The average Bonchev–Trinajstić information content (AvgIpc) is 2.97. The van der Waals surface area contributed by atoms with Crippen LogP contribution in [0.2, 0.25) is 0 Å². The van der Waals surface area contributed by atoms with Crippen LogP contribution in [-0.2, 0) is 4.79 Å². The summed E-state index contributed by atoms with van der Waals surface area (Å²) in [7, 11) is 0. The second kappa shape index (κ2) is 5.23. The zero-order valence-corrected chi connectivity index (χ0v) is 15.9. The first kappa shape index (κ1) is 16.6. The van der Waals surface area contributed by atoms with Gasteiger partial charge < -0.3 is 4.90 Å². The molecule has 3 atom stereocenters. The lowest BCUT2D eigenvalue weighted by Gasteiger charge is -2.65. The van der Waals surface area contributed by atoms with Gasteiger partial charge in [-0.05, 0) is 68.1 Å². The van der Waals surface area contributed by atoms with E-state index in [1.54, 1.807) is 0 Å². The number of aromatic amines is 2. The first-order chi connectivity index (χ1) is 12.3.